The van der Waals surface area contributed by atoms with E-state index in [1.165, 1.54) is 18.2 Å². The zero-order valence-corrected chi connectivity index (χ0v) is 11.1. The number of hydrogen-bond acceptors (Lipinski definition) is 5. The Labute approximate surface area is 117 Å². The van der Waals surface area contributed by atoms with Gasteiger partial charge in [-0.3, -0.25) is 4.72 Å². The number of anilines is 1. The minimum absolute atomic E-state index is 0.0262. The summed E-state index contributed by atoms with van der Waals surface area (Å²) in [6.45, 7) is 0. The molecule has 1 heterocycles. The second-order valence-electron chi connectivity index (χ2n) is 4.09. The molecule has 0 saturated carbocycles. The number of aromatic nitrogens is 2. The normalized spacial score (nSPS) is 11.7. The number of nitrogens with zero attached hydrogens (tertiary/aromatic N) is 2. The van der Waals surface area contributed by atoms with Crippen LogP contribution in [-0.4, -0.2) is 18.7 Å². The molecule has 1 N–H and O–H groups in total. The minimum Gasteiger partial charge on any atom is -0.274 e. The Morgan fingerprint density at radius 2 is 1.67 bits per heavy atom. The van der Waals surface area contributed by atoms with Crippen LogP contribution in [0.3, 0.4) is 0 Å². The zero-order chi connectivity index (χ0) is 15.0. The Hall–Kier alpha value is -2.55. The summed E-state index contributed by atoms with van der Waals surface area (Å²) < 4.78 is 57.9. The van der Waals surface area contributed by atoms with Gasteiger partial charge in [-0.2, -0.15) is 0 Å². The Balaban J connectivity index is 2.11. The third-order valence-corrected chi connectivity index (χ3v) is 4.12. The van der Waals surface area contributed by atoms with E-state index in [1.807, 2.05) is 4.72 Å². The van der Waals surface area contributed by atoms with Crippen LogP contribution in [0.15, 0.2) is 45.9 Å². The maximum absolute atomic E-state index is 13.5. The molecule has 0 radical (unpaired) electrons. The highest BCUT2D eigenvalue weighted by molar-refractivity contribution is 7.93. The SMILES string of the molecule is O=S(=O)(Nc1c(F)cccc1F)c1cccc2nonc12. The highest BCUT2D eigenvalue weighted by Gasteiger charge is 2.23. The van der Waals surface area contributed by atoms with Crippen LogP contribution in [0.5, 0.6) is 0 Å². The summed E-state index contributed by atoms with van der Waals surface area (Å²) in [4.78, 5) is -0.288. The van der Waals surface area contributed by atoms with Gasteiger partial charge in [0.2, 0.25) is 0 Å². The summed E-state index contributed by atoms with van der Waals surface area (Å²) in [6.07, 6.45) is 0. The van der Waals surface area contributed by atoms with Gasteiger partial charge >= 0.3 is 0 Å². The van der Waals surface area contributed by atoms with E-state index in [9.17, 15) is 17.2 Å². The highest BCUT2D eigenvalue weighted by atomic mass is 32.2. The molecule has 0 aliphatic carbocycles. The fourth-order valence-corrected chi connectivity index (χ4v) is 3.01. The van der Waals surface area contributed by atoms with Crippen molar-refractivity contribution in [1.82, 2.24) is 10.3 Å². The predicted molar refractivity (Wildman–Crippen MR) is 69.0 cm³/mol. The topological polar surface area (TPSA) is 85.1 Å². The van der Waals surface area contributed by atoms with Gasteiger partial charge in [-0.25, -0.2) is 21.8 Å². The first-order valence-electron chi connectivity index (χ1n) is 5.67. The van der Waals surface area contributed by atoms with Crippen molar-refractivity contribution < 1.29 is 21.8 Å². The molecule has 21 heavy (non-hydrogen) atoms. The number of sulfonamides is 1. The standard InChI is InChI=1S/C12H7F2N3O3S/c13-7-3-1-4-8(14)11(7)17-21(18,19)10-6-2-5-9-12(10)16-20-15-9/h1-6,17H. The van der Waals surface area contributed by atoms with E-state index in [1.54, 1.807) is 0 Å². The third kappa shape index (κ3) is 2.31. The lowest BCUT2D eigenvalue weighted by Crippen LogP contribution is -2.15. The van der Waals surface area contributed by atoms with Crippen LogP contribution < -0.4 is 4.72 Å². The van der Waals surface area contributed by atoms with Crippen LogP contribution in [-0.2, 0) is 10.0 Å². The summed E-state index contributed by atoms with van der Waals surface area (Å²) in [7, 11) is -4.25. The number of benzene rings is 2. The van der Waals surface area contributed by atoms with Crippen molar-refractivity contribution in [3.63, 3.8) is 0 Å². The Morgan fingerprint density at radius 1 is 1.00 bits per heavy atom. The Morgan fingerprint density at radius 3 is 2.38 bits per heavy atom. The van der Waals surface area contributed by atoms with E-state index in [-0.39, 0.29) is 15.9 Å². The number of nitrogens with one attached hydrogen (secondary N) is 1. The molecule has 0 saturated heterocycles. The van der Waals surface area contributed by atoms with Crippen LogP contribution in [0.1, 0.15) is 0 Å². The maximum atomic E-state index is 13.5. The largest absolute Gasteiger partial charge is 0.274 e. The molecule has 0 spiro atoms. The first-order chi connectivity index (χ1) is 9.99. The van der Waals surface area contributed by atoms with E-state index < -0.39 is 27.3 Å². The van der Waals surface area contributed by atoms with E-state index in [0.29, 0.717) is 0 Å². The van der Waals surface area contributed by atoms with Gasteiger partial charge in [0.15, 0.2) is 5.52 Å². The molecule has 2 aromatic carbocycles. The van der Waals surface area contributed by atoms with Crippen molar-refractivity contribution in [3.05, 3.63) is 48.0 Å². The van der Waals surface area contributed by atoms with Crippen molar-refractivity contribution in [3.8, 4) is 0 Å². The van der Waals surface area contributed by atoms with Gasteiger partial charge in [-0.05, 0) is 34.6 Å². The van der Waals surface area contributed by atoms with Crippen LogP contribution in [0.4, 0.5) is 14.5 Å². The molecular weight excluding hydrogens is 304 g/mol. The Bertz CT molecular complexity index is 904. The molecule has 0 aliphatic heterocycles. The van der Waals surface area contributed by atoms with E-state index in [2.05, 4.69) is 14.9 Å². The molecule has 6 nitrogen and oxygen atoms in total. The summed E-state index contributed by atoms with van der Waals surface area (Å²) in [5.41, 5.74) is -0.570. The molecule has 1 aromatic heterocycles. The first-order valence-corrected chi connectivity index (χ1v) is 7.15. The summed E-state index contributed by atoms with van der Waals surface area (Å²) in [5.74, 6) is -2.05. The summed E-state index contributed by atoms with van der Waals surface area (Å²) >= 11 is 0. The quantitative estimate of drug-likeness (QED) is 0.802. The molecule has 0 atom stereocenters. The summed E-state index contributed by atoms with van der Waals surface area (Å²) in [6, 6.07) is 7.16. The van der Waals surface area contributed by atoms with Gasteiger partial charge in [0.25, 0.3) is 10.0 Å². The van der Waals surface area contributed by atoms with Gasteiger partial charge in [-0.1, -0.05) is 12.1 Å². The van der Waals surface area contributed by atoms with Crippen molar-refractivity contribution in [2.45, 2.75) is 4.90 Å². The number of hydrogen-bond donors (Lipinski definition) is 1. The lowest BCUT2D eigenvalue weighted by molar-refractivity contribution is 0.315. The zero-order valence-electron chi connectivity index (χ0n) is 10.2. The third-order valence-electron chi connectivity index (χ3n) is 2.74. The van der Waals surface area contributed by atoms with Crippen molar-refractivity contribution in [2.24, 2.45) is 0 Å². The molecule has 0 aliphatic rings. The second kappa shape index (κ2) is 4.77. The molecule has 9 heteroatoms. The van der Waals surface area contributed by atoms with Gasteiger partial charge in [0.05, 0.1) is 0 Å². The second-order valence-corrected chi connectivity index (χ2v) is 5.74. The monoisotopic (exact) mass is 311 g/mol. The molecule has 0 unspecified atom stereocenters. The fraction of sp³-hybridized carbons (Fsp3) is 0. The highest BCUT2D eigenvalue weighted by Crippen LogP contribution is 2.25. The van der Waals surface area contributed by atoms with Crippen molar-refractivity contribution >= 4 is 26.7 Å². The van der Waals surface area contributed by atoms with Gasteiger partial charge in [0, 0.05) is 0 Å². The van der Waals surface area contributed by atoms with E-state index in [0.717, 1.165) is 18.2 Å². The van der Waals surface area contributed by atoms with Crippen LogP contribution in [0.25, 0.3) is 11.0 Å². The van der Waals surface area contributed by atoms with Crippen LogP contribution >= 0.6 is 0 Å². The van der Waals surface area contributed by atoms with Crippen molar-refractivity contribution in [2.75, 3.05) is 4.72 Å². The predicted octanol–water partition coefficient (Wildman–Crippen LogP) is 2.30. The lowest BCUT2D eigenvalue weighted by atomic mass is 10.3. The van der Waals surface area contributed by atoms with E-state index in [4.69, 9.17) is 0 Å². The lowest BCUT2D eigenvalue weighted by Gasteiger charge is -2.09. The average molecular weight is 311 g/mol. The molecule has 0 bridgehead atoms. The minimum atomic E-state index is -4.25. The number of halogens is 2. The molecule has 108 valence electrons. The first kappa shape index (κ1) is 13.4. The summed E-state index contributed by atoms with van der Waals surface area (Å²) in [5, 5.41) is 6.99. The molecule has 3 aromatic rings. The number of rotatable bonds is 3. The van der Waals surface area contributed by atoms with Crippen molar-refractivity contribution in [1.29, 1.82) is 0 Å². The smallest absolute Gasteiger partial charge is 0.264 e. The molecule has 3 rings (SSSR count). The van der Waals surface area contributed by atoms with Gasteiger partial charge < -0.3 is 0 Å². The average Bonchev–Trinajstić information content (AvgIpc) is 2.91. The van der Waals surface area contributed by atoms with Gasteiger partial charge in [0.1, 0.15) is 27.7 Å². The molecule has 0 fully saturated rings. The van der Waals surface area contributed by atoms with E-state index >= 15 is 0 Å². The Kier molecular flexibility index (Phi) is 3.05. The van der Waals surface area contributed by atoms with Gasteiger partial charge in [-0.15, -0.1) is 0 Å². The van der Waals surface area contributed by atoms with Crippen LogP contribution in [0, 0.1) is 11.6 Å². The van der Waals surface area contributed by atoms with Crippen LogP contribution in [0.2, 0.25) is 0 Å². The number of para-hydroxylation sites is 1. The molecular formula is C12H7F2N3O3S. The fourth-order valence-electron chi connectivity index (χ4n) is 1.78. The maximum Gasteiger partial charge on any atom is 0.264 e. The molecule has 0 amide bonds. The number of fused-ring (bicyclic) bond motifs is 1.